The first-order valence-electron chi connectivity index (χ1n) is 8.75. The Morgan fingerprint density at radius 1 is 0.962 bits per heavy atom. The number of sulfonamides is 1. The molecule has 0 radical (unpaired) electrons. The Labute approximate surface area is 155 Å². The molecule has 1 aliphatic rings. The van der Waals surface area contributed by atoms with Gasteiger partial charge < -0.3 is 4.90 Å². The van der Waals surface area contributed by atoms with Gasteiger partial charge in [0.25, 0.3) is 0 Å². The first-order chi connectivity index (χ1) is 12.3. The zero-order valence-corrected chi connectivity index (χ0v) is 16.1. The van der Waals surface area contributed by atoms with Crippen LogP contribution in [0.3, 0.4) is 0 Å². The van der Waals surface area contributed by atoms with Crippen LogP contribution < -0.4 is 4.90 Å². The van der Waals surface area contributed by atoms with Gasteiger partial charge in [-0.1, -0.05) is 30.3 Å². The molecule has 0 amide bonds. The smallest absolute Gasteiger partial charge is 0.243 e. The Bertz CT molecular complexity index is 884. The van der Waals surface area contributed by atoms with E-state index in [1.54, 1.807) is 18.2 Å². The number of anilines is 1. The van der Waals surface area contributed by atoms with Crippen molar-refractivity contribution in [1.82, 2.24) is 4.31 Å². The van der Waals surface area contributed by atoms with Gasteiger partial charge in [-0.15, -0.1) is 0 Å². The number of hydrogen-bond donors (Lipinski definition) is 0. The lowest BCUT2D eigenvalue weighted by Crippen LogP contribution is -2.58. The molecule has 1 heterocycles. The lowest BCUT2D eigenvalue weighted by atomic mass is 10.1. The predicted octanol–water partition coefficient (Wildman–Crippen LogP) is 3.18. The fourth-order valence-electron chi connectivity index (χ4n) is 3.60. The van der Waals surface area contributed by atoms with E-state index in [1.165, 1.54) is 17.3 Å². The zero-order valence-electron chi connectivity index (χ0n) is 15.3. The predicted molar refractivity (Wildman–Crippen MR) is 103 cm³/mol. The van der Waals surface area contributed by atoms with Crippen LogP contribution >= 0.6 is 0 Å². The molecule has 0 spiro atoms. The number of piperazine rings is 1. The van der Waals surface area contributed by atoms with Gasteiger partial charge in [-0.2, -0.15) is 4.31 Å². The van der Waals surface area contributed by atoms with Crippen LogP contribution in [0.15, 0.2) is 59.5 Å². The van der Waals surface area contributed by atoms with Crippen molar-refractivity contribution in [3.05, 3.63) is 60.2 Å². The number of hydrogen-bond acceptors (Lipinski definition) is 4. The molecule has 26 heavy (non-hydrogen) atoms. The van der Waals surface area contributed by atoms with Crippen LogP contribution in [0.5, 0.6) is 0 Å². The maximum Gasteiger partial charge on any atom is 0.243 e. The van der Waals surface area contributed by atoms with Crippen LogP contribution in [0, 0.1) is 0 Å². The molecule has 0 N–H and O–H groups in total. The highest BCUT2D eigenvalue weighted by Crippen LogP contribution is 2.28. The number of para-hydroxylation sites is 1. The van der Waals surface area contributed by atoms with E-state index in [4.69, 9.17) is 0 Å². The molecule has 0 saturated carbocycles. The monoisotopic (exact) mass is 372 g/mol. The Balaban J connectivity index is 1.87. The summed E-state index contributed by atoms with van der Waals surface area (Å²) in [5.41, 5.74) is 1.51. The number of benzene rings is 2. The Kier molecular flexibility index (Phi) is 5.16. The zero-order chi connectivity index (χ0) is 18.9. The van der Waals surface area contributed by atoms with Crippen molar-refractivity contribution in [2.24, 2.45) is 0 Å². The van der Waals surface area contributed by atoms with Crippen molar-refractivity contribution < 1.29 is 13.2 Å². The van der Waals surface area contributed by atoms with Gasteiger partial charge in [0, 0.05) is 36.4 Å². The average molecular weight is 372 g/mol. The highest BCUT2D eigenvalue weighted by molar-refractivity contribution is 7.89. The molecule has 138 valence electrons. The summed E-state index contributed by atoms with van der Waals surface area (Å²) in [6.07, 6.45) is 0. The molecule has 1 aliphatic heterocycles. The minimum atomic E-state index is -3.64. The average Bonchev–Trinajstić information content (AvgIpc) is 2.62. The molecule has 6 heteroatoms. The van der Waals surface area contributed by atoms with Gasteiger partial charge in [-0.3, -0.25) is 4.79 Å². The van der Waals surface area contributed by atoms with Gasteiger partial charge in [0.1, 0.15) is 0 Å². The fraction of sp³-hybridized carbons (Fsp3) is 0.350. The summed E-state index contributed by atoms with van der Waals surface area (Å²) >= 11 is 0. The van der Waals surface area contributed by atoms with Crippen molar-refractivity contribution in [2.75, 3.05) is 18.0 Å². The maximum atomic E-state index is 13.1. The normalized spacial score (nSPS) is 21.6. The van der Waals surface area contributed by atoms with Gasteiger partial charge in [-0.05, 0) is 45.0 Å². The molecular weight excluding hydrogens is 348 g/mol. The van der Waals surface area contributed by atoms with Gasteiger partial charge >= 0.3 is 0 Å². The minimum absolute atomic E-state index is 0.0481. The van der Waals surface area contributed by atoms with Crippen molar-refractivity contribution in [3.8, 4) is 0 Å². The first kappa shape index (κ1) is 18.6. The molecule has 0 aliphatic carbocycles. The molecule has 2 aromatic carbocycles. The molecular formula is C20H24N2O3S. The van der Waals surface area contributed by atoms with Gasteiger partial charge in [0.15, 0.2) is 5.78 Å². The van der Waals surface area contributed by atoms with E-state index in [9.17, 15) is 13.2 Å². The number of rotatable bonds is 4. The maximum absolute atomic E-state index is 13.1. The van der Waals surface area contributed by atoms with E-state index in [1.807, 2.05) is 44.2 Å². The first-order valence-corrected chi connectivity index (χ1v) is 10.2. The van der Waals surface area contributed by atoms with Crippen LogP contribution in [0.1, 0.15) is 31.1 Å². The summed E-state index contributed by atoms with van der Waals surface area (Å²) in [7, 11) is -3.64. The van der Waals surface area contributed by atoms with Crippen LogP contribution in [0.2, 0.25) is 0 Å². The number of ketones is 1. The molecule has 2 aromatic rings. The summed E-state index contributed by atoms with van der Waals surface area (Å²) in [6.45, 7) is 6.33. The van der Waals surface area contributed by atoms with E-state index in [-0.39, 0.29) is 22.8 Å². The third kappa shape index (κ3) is 3.52. The quantitative estimate of drug-likeness (QED) is 0.774. The summed E-state index contributed by atoms with van der Waals surface area (Å²) in [4.78, 5) is 14.0. The minimum Gasteiger partial charge on any atom is -0.363 e. The Morgan fingerprint density at radius 3 is 2.15 bits per heavy atom. The lowest BCUT2D eigenvalue weighted by molar-refractivity contribution is 0.101. The topological polar surface area (TPSA) is 57.7 Å². The molecule has 3 rings (SSSR count). The highest BCUT2D eigenvalue weighted by Gasteiger charge is 2.36. The van der Waals surface area contributed by atoms with Crippen molar-refractivity contribution in [3.63, 3.8) is 0 Å². The second kappa shape index (κ2) is 7.21. The molecule has 2 atom stereocenters. The van der Waals surface area contributed by atoms with E-state index < -0.39 is 10.0 Å². The van der Waals surface area contributed by atoms with E-state index >= 15 is 0 Å². The van der Waals surface area contributed by atoms with E-state index in [2.05, 4.69) is 4.90 Å². The Morgan fingerprint density at radius 2 is 1.58 bits per heavy atom. The largest absolute Gasteiger partial charge is 0.363 e. The summed E-state index contributed by atoms with van der Waals surface area (Å²) in [5.74, 6) is -0.141. The number of carbonyl (C=O) groups is 1. The standard InChI is InChI=1S/C20H24N2O3S/c1-15-13-21(14-16(2)22(15)19-9-5-4-6-10-19)26(24,25)20-11-7-8-18(12-20)17(3)23/h4-12,15-16H,13-14H2,1-3H3. The lowest BCUT2D eigenvalue weighted by Gasteiger charge is -2.45. The molecule has 0 aromatic heterocycles. The van der Waals surface area contributed by atoms with Crippen molar-refractivity contribution in [2.45, 2.75) is 37.8 Å². The van der Waals surface area contributed by atoms with Gasteiger partial charge in [0.05, 0.1) is 4.90 Å². The second-order valence-corrected chi connectivity index (χ2v) is 8.78. The van der Waals surface area contributed by atoms with Crippen LogP contribution in [0.25, 0.3) is 0 Å². The molecule has 5 nitrogen and oxygen atoms in total. The molecule has 1 fully saturated rings. The van der Waals surface area contributed by atoms with Gasteiger partial charge in [0.2, 0.25) is 10.0 Å². The number of Topliss-reactive ketones (excluding diaryl/α,β-unsaturated/α-hetero) is 1. The van der Waals surface area contributed by atoms with Crippen LogP contribution in [0.4, 0.5) is 5.69 Å². The van der Waals surface area contributed by atoms with Crippen LogP contribution in [-0.4, -0.2) is 43.7 Å². The van der Waals surface area contributed by atoms with Crippen LogP contribution in [-0.2, 0) is 10.0 Å². The summed E-state index contributed by atoms with van der Waals surface area (Å²) < 4.78 is 27.7. The fourth-order valence-corrected chi connectivity index (χ4v) is 5.25. The number of carbonyl (C=O) groups excluding carboxylic acids is 1. The summed E-state index contributed by atoms with van der Waals surface area (Å²) in [5, 5.41) is 0. The molecule has 0 bridgehead atoms. The number of nitrogens with zero attached hydrogens (tertiary/aromatic N) is 2. The second-order valence-electron chi connectivity index (χ2n) is 6.85. The van der Waals surface area contributed by atoms with Gasteiger partial charge in [-0.25, -0.2) is 8.42 Å². The highest BCUT2D eigenvalue weighted by atomic mass is 32.2. The van der Waals surface area contributed by atoms with E-state index in [0.717, 1.165) is 5.69 Å². The molecule has 2 unspecified atom stereocenters. The van der Waals surface area contributed by atoms with Crippen molar-refractivity contribution >= 4 is 21.5 Å². The van der Waals surface area contributed by atoms with E-state index in [0.29, 0.717) is 18.7 Å². The summed E-state index contributed by atoms with van der Waals surface area (Å²) in [6, 6.07) is 16.4. The SMILES string of the molecule is CC(=O)c1cccc(S(=O)(=O)N2CC(C)N(c3ccccc3)C(C)C2)c1. The Hall–Kier alpha value is -2.18. The van der Waals surface area contributed by atoms with Crippen molar-refractivity contribution in [1.29, 1.82) is 0 Å². The molecule has 1 saturated heterocycles. The third-order valence-corrected chi connectivity index (χ3v) is 6.65. The third-order valence-electron chi connectivity index (χ3n) is 4.82.